The topological polar surface area (TPSA) is 28.2 Å². The van der Waals surface area contributed by atoms with Crippen LogP contribution in [0, 0.1) is 13.8 Å². The molecule has 0 fully saturated rings. The Kier molecular flexibility index (Phi) is 4.78. The van der Waals surface area contributed by atoms with Gasteiger partial charge in [-0.15, -0.1) is 0 Å². The summed E-state index contributed by atoms with van der Waals surface area (Å²) in [5, 5.41) is 4.29. The molecule has 20 heavy (non-hydrogen) atoms. The van der Waals surface area contributed by atoms with E-state index >= 15 is 0 Å². The van der Waals surface area contributed by atoms with Gasteiger partial charge in [0.15, 0.2) is 5.13 Å². The third kappa shape index (κ3) is 3.02. The van der Waals surface area contributed by atoms with E-state index in [1.807, 2.05) is 7.05 Å². The summed E-state index contributed by atoms with van der Waals surface area (Å²) < 4.78 is 0. The molecule has 1 aromatic carbocycles. The van der Waals surface area contributed by atoms with Crippen LogP contribution in [0.2, 0.25) is 0 Å². The monoisotopic (exact) mass is 289 g/mol. The highest BCUT2D eigenvalue weighted by atomic mass is 32.1. The van der Waals surface area contributed by atoms with Gasteiger partial charge in [0.1, 0.15) is 0 Å². The highest BCUT2D eigenvalue weighted by molar-refractivity contribution is 7.15. The van der Waals surface area contributed by atoms with Gasteiger partial charge in [0.25, 0.3) is 0 Å². The molecule has 0 radical (unpaired) electrons. The standard InChI is InChI=1S/C16H23N3S/c1-6-13-15(10-17-4)20-16(18-13)19(5)14-8-7-11(2)9-12(14)3/h7-9,17H,6,10H2,1-5H3. The third-order valence-electron chi connectivity index (χ3n) is 3.44. The summed E-state index contributed by atoms with van der Waals surface area (Å²) in [4.78, 5) is 8.32. The van der Waals surface area contributed by atoms with E-state index in [1.54, 1.807) is 11.3 Å². The van der Waals surface area contributed by atoms with E-state index < -0.39 is 0 Å². The van der Waals surface area contributed by atoms with Crippen LogP contribution in [-0.4, -0.2) is 19.1 Å². The van der Waals surface area contributed by atoms with Gasteiger partial charge in [-0.1, -0.05) is 36.0 Å². The molecule has 108 valence electrons. The smallest absolute Gasteiger partial charge is 0.190 e. The normalized spacial score (nSPS) is 10.8. The second-order valence-electron chi connectivity index (χ2n) is 5.10. The molecule has 4 heteroatoms. The molecule has 0 aliphatic rings. The Morgan fingerprint density at radius 1 is 1.30 bits per heavy atom. The maximum absolute atomic E-state index is 4.79. The minimum atomic E-state index is 0.890. The average molecular weight is 289 g/mol. The highest BCUT2D eigenvalue weighted by Crippen LogP contribution is 2.32. The number of nitrogens with one attached hydrogen (secondary N) is 1. The summed E-state index contributed by atoms with van der Waals surface area (Å²) in [7, 11) is 4.08. The zero-order valence-corrected chi connectivity index (χ0v) is 13.8. The zero-order chi connectivity index (χ0) is 14.7. The van der Waals surface area contributed by atoms with Gasteiger partial charge in [-0.3, -0.25) is 0 Å². The molecule has 1 aromatic heterocycles. The van der Waals surface area contributed by atoms with Crippen molar-refractivity contribution < 1.29 is 0 Å². The number of hydrogen-bond acceptors (Lipinski definition) is 4. The summed E-state index contributed by atoms with van der Waals surface area (Å²) in [6.07, 6.45) is 0.980. The van der Waals surface area contributed by atoms with Crippen molar-refractivity contribution in [1.82, 2.24) is 10.3 Å². The van der Waals surface area contributed by atoms with Crippen LogP contribution in [0.4, 0.5) is 10.8 Å². The molecule has 0 saturated heterocycles. The van der Waals surface area contributed by atoms with E-state index in [9.17, 15) is 0 Å². The Morgan fingerprint density at radius 3 is 2.65 bits per heavy atom. The molecule has 0 aliphatic carbocycles. The fourth-order valence-electron chi connectivity index (χ4n) is 2.37. The summed E-state index contributed by atoms with van der Waals surface area (Å²) in [5.74, 6) is 0. The number of rotatable bonds is 5. The molecule has 1 heterocycles. The van der Waals surface area contributed by atoms with E-state index in [0.29, 0.717) is 0 Å². The van der Waals surface area contributed by atoms with Crippen LogP contribution in [0.5, 0.6) is 0 Å². The van der Waals surface area contributed by atoms with E-state index in [4.69, 9.17) is 4.98 Å². The van der Waals surface area contributed by atoms with Crippen molar-refractivity contribution in [2.24, 2.45) is 0 Å². The Bertz CT molecular complexity index is 589. The van der Waals surface area contributed by atoms with Gasteiger partial charge in [-0.25, -0.2) is 4.98 Å². The van der Waals surface area contributed by atoms with Crippen LogP contribution >= 0.6 is 11.3 Å². The molecule has 0 atom stereocenters. The number of aryl methyl sites for hydroxylation is 3. The number of benzene rings is 1. The van der Waals surface area contributed by atoms with Gasteiger partial charge < -0.3 is 10.2 Å². The molecular weight excluding hydrogens is 266 g/mol. The molecule has 2 rings (SSSR count). The van der Waals surface area contributed by atoms with Crippen molar-refractivity contribution in [3.05, 3.63) is 39.9 Å². The molecule has 0 spiro atoms. The van der Waals surface area contributed by atoms with Crippen LogP contribution in [0.25, 0.3) is 0 Å². The summed E-state index contributed by atoms with van der Waals surface area (Å²) >= 11 is 1.78. The van der Waals surface area contributed by atoms with E-state index in [2.05, 4.69) is 56.2 Å². The lowest BCUT2D eigenvalue weighted by Gasteiger charge is -2.18. The largest absolute Gasteiger partial charge is 0.321 e. The predicted molar refractivity (Wildman–Crippen MR) is 88.2 cm³/mol. The van der Waals surface area contributed by atoms with Crippen LogP contribution < -0.4 is 10.2 Å². The lowest BCUT2D eigenvalue weighted by Crippen LogP contribution is -2.10. The molecule has 0 saturated carbocycles. The SMILES string of the molecule is CCc1nc(N(C)c2ccc(C)cc2C)sc1CNC. The Balaban J connectivity index is 2.35. The molecule has 0 unspecified atom stereocenters. The van der Waals surface area contributed by atoms with Crippen LogP contribution in [0.1, 0.15) is 28.6 Å². The van der Waals surface area contributed by atoms with Gasteiger partial charge in [0.05, 0.1) is 5.69 Å². The molecule has 1 N–H and O–H groups in total. The van der Waals surface area contributed by atoms with Crippen molar-refractivity contribution in [2.75, 3.05) is 19.0 Å². The first-order valence-corrected chi connectivity index (χ1v) is 7.82. The molecular formula is C16H23N3S. The number of thiazole rings is 1. The molecule has 3 nitrogen and oxygen atoms in total. The van der Waals surface area contributed by atoms with Crippen molar-refractivity contribution >= 4 is 22.2 Å². The molecule has 0 bridgehead atoms. The Labute approximate surface area is 125 Å². The van der Waals surface area contributed by atoms with Gasteiger partial charge in [-0.05, 0) is 38.9 Å². The second kappa shape index (κ2) is 6.37. The minimum absolute atomic E-state index is 0.890. The van der Waals surface area contributed by atoms with Crippen molar-refractivity contribution in [3.63, 3.8) is 0 Å². The fraction of sp³-hybridized carbons (Fsp3) is 0.438. The Morgan fingerprint density at radius 2 is 2.05 bits per heavy atom. The lowest BCUT2D eigenvalue weighted by molar-refractivity contribution is 0.814. The van der Waals surface area contributed by atoms with Crippen molar-refractivity contribution in [2.45, 2.75) is 33.7 Å². The van der Waals surface area contributed by atoms with Crippen LogP contribution in [0.15, 0.2) is 18.2 Å². The maximum Gasteiger partial charge on any atom is 0.190 e. The van der Waals surface area contributed by atoms with Crippen LogP contribution in [0.3, 0.4) is 0 Å². The average Bonchev–Trinajstić information content (AvgIpc) is 2.82. The van der Waals surface area contributed by atoms with Gasteiger partial charge >= 0.3 is 0 Å². The second-order valence-corrected chi connectivity index (χ2v) is 6.16. The van der Waals surface area contributed by atoms with Crippen LogP contribution in [-0.2, 0) is 13.0 Å². The zero-order valence-electron chi connectivity index (χ0n) is 12.9. The Hall–Kier alpha value is -1.39. The van der Waals surface area contributed by atoms with Crippen molar-refractivity contribution in [3.8, 4) is 0 Å². The first-order valence-electron chi connectivity index (χ1n) is 7.01. The number of anilines is 2. The van der Waals surface area contributed by atoms with E-state index in [1.165, 1.54) is 27.4 Å². The summed E-state index contributed by atoms with van der Waals surface area (Å²) in [6.45, 7) is 7.33. The van der Waals surface area contributed by atoms with Crippen molar-refractivity contribution in [1.29, 1.82) is 0 Å². The first kappa shape index (κ1) is 15.0. The summed E-state index contributed by atoms with van der Waals surface area (Å²) in [5.41, 5.74) is 5.01. The molecule has 2 aromatic rings. The van der Waals surface area contributed by atoms with Gasteiger partial charge in [0, 0.05) is 24.2 Å². The summed E-state index contributed by atoms with van der Waals surface area (Å²) in [6, 6.07) is 6.55. The lowest BCUT2D eigenvalue weighted by atomic mass is 10.1. The molecule has 0 amide bonds. The van der Waals surface area contributed by atoms with Gasteiger partial charge in [0.2, 0.25) is 0 Å². The maximum atomic E-state index is 4.79. The number of nitrogens with zero attached hydrogens (tertiary/aromatic N) is 2. The first-order chi connectivity index (χ1) is 9.56. The fourth-order valence-corrected chi connectivity index (χ4v) is 3.51. The predicted octanol–water partition coefficient (Wildman–Crippen LogP) is 3.81. The van der Waals surface area contributed by atoms with E-state index in [0.717, 1.165) is 18.1 Å². The molecule has 0 aliphatic heterocycles. The minimum Gasteiger partial charge on any atom is -0.321 e. The number of hydrogen-bond donors (Lipinski definition) is 1. The van der Waals surface area contributed by atoms with Gasteiger partial charge in [-0.2, -0.15) is 0 Å². The number of aromatic nitrogens is 1. The van der Waals surface area contributed by atoms with E-state index in [-0.39, 0.29) is 0 Å². The quantitative estimate of drug-likeness (QED) is 0.907. The highest BCUT2D eigenvalue weighted by Gasteiger charge is 2.14. The third-order valence-corrected chi connectivity index (χ3v) is 4.61.